The van der Waals surface area contributed by atoms with E-state index in [0.29, 0.717) is 0 Å². The number of carbonyl (C=O) groups excluding carboxylic acids is 1. The number of anilines is 1. The summed E-state index contributed by atoms with van der Waals surface area (Å²) in [6.45, 7) is 0. The Hall–Kier alpha value is -1.59. The summed E-state index contributed by atoms with van der Waals surface area (Å²) in [4.78, 5) is 11.4. The molecule has 94 valence electrons. The lowest BCUT2D eigenvalue weighted by atomic mass is 10.0. The Morgan fingerprint density at radius 3 is 2.47 bits per heavy atom. The third-order valence-electron chi connectivity index (χ3n) is 2.19. The van der Waals surface area contributed by atoms with E-state index in [1.54, 1.807) is 0 Å². The number of benzene rings is 1. The van der Waals surface area contributed by atoms with Crippen molar-refractivity contribution in [3.05, 3.63) is 29.6 Å². The van der Waals surface area contributed by atoms with E-state index < -0.39 is 24.2 Å². The second kappa shape index (κ2) is 5.16. The number of nitrogens with two attached hydrogens (primary N) is 1. The van der Waals surface area contributed by atoms with Gasteiger partial charge in [0.2, 0.25) is 0 Å². The zero-order valence-corrected chi connectivity index (χ0v) is 8.85. The minimum Gasteiger partial charge on any atom is -0.396 e. The lowest BCUT2D eigenvalue weighted by Gasteiger charge is -2.05. The first-order valence-electron chi connectivity index (χ1n) is 4.94. The summed E-state index contributed by atoms with van der Waals surface area (Å²) in [6.07, 6.45) is -5.85. The molecule has 0 atom stereocenters. The third-order valence-corrected chi connectivity index (χ3v) is 2.19. The summed E-state index contributed by atoms with van der Waals surface area (Å²) in [5.41, 5.74) is 5.15. The van der Waals surface area contributed by atoms with Crippen molar-refractivity contribution in [2.75, 3.05) is 5.73 Å². The predicted molar refractivity (Wildman–Crippen MR) is 55.0 cm³/mol. The molecule has 0 aliphatic rings. The topological polar surface area (TPSA) is 43.1 Å². The second-order valence-corrected chi connectivity index (χ2v) is 3.63. The lowest BCUT2D eigenvalue weighted by molar-refractivity contribution is -0.135. The largest absolute Gasteiger partial charge is 0.396 e. The van der Waals surface area contributed by atoms with Crippen molar-refractivity contribution >= 4 is 11.5 Å². The molecule has 0 aliphatic heterocycles. The molecule has 0 heterocycles. The standard InChI is InChI=1S/C11H11F4NO/c12-8-6-7(3-4-9(8)16)10(17)2-1-5-11(13,14)15/h3-4,6H,1-2,5,16H2. The van der Waals surface area contributed by atoms with Crippen molar-refractivity contribution in [2.24, 2.45) is 0 Å². The van der Waals surface area contributed by atoms with Crippen LogP contribution in [0, 0.1) is 5.82 Å². The SMILES string of the molecule is Nc1ccc(C(=O)CCCC(F)(F)F)cc1F. The molecule has 0 bridgehead atoms. The molecule has 0 aromatic heterocycles. The fourth-order valence-electron chi connectivity index (χ4n) is 1.29. The average molecular weight is 249 g/mol. The van der Waals surface area contributed by atoms with Crippen LogP contribution in [-0.4, -0.2) is 12.0 Å². The van der Waals surface area contributed by atoms with Crippen molar-refractivity contribution in [3.8, 4) is 0 Å². The van der Waals surface area contributed by atoms with Crippen molar-refractivity contribution in [1.29, 1.82) is 0 Å². The molecule has 1 rings (SSSR count). The minimum atomic E-state index is -4.27. The van der Waals surface area contributed by atoms with E-state index in [1.165, 1.54) is 12.1 Å². The number of carbonyl (C=O) groups is 1. The summed E-state index contributed by atoms with van der Waals surface area (Å²) >= 11 is 0. The summed E-state index contributed by atoms with van der Waals surface area (Å²) < 4.78 is 48.5. The van der Waals surface area contributed by atoms with Gasteiger partial charge in [0.1, 0.15) is 5.82 Å². The summed E-state index contributed by atoms with van der Waals surface area (Å²) in [5, 5.41) is 0. The van der Waals surface area contributed by atoms with Gasteiger partial charge in [-0.05, 0) is 24.6 Å². The third kappa shape index (κ3) is 4.42. The average Bonchev–Trinajstić information content (AvgIpc) is 2.20. The fourth-order valence-corrected chi connectivity index (χ4v) is 1.29. The molecule has 0 fully saturated rings. The van der Waals surface area contributed by atoms with E-state index in [4.69, 9.17) is 5.73 Å². The molecule has 0 saturated heterocycles. The molecule has 0 aliphatic carbocycles. The number of halogens is 4. The smallest absolute Gasteiger partial charge is 0.389 e. The Kier molecular flexibility index (Phi) is 4.09. The van der Waals surface area contributed by atoms with Gasteiger partial charge < -0.3 is 5.73 Å². The van der Waals surface area contributed by atoms with Crippen molar-refractivity contribution < 1.29 is 22.4 Å². The van der Waals surface area contributed by atoms with Gasteiger partial charge in [-0.15, -0.1) is 0 Å². The quantitative estimate of drug-likeness (QED) is 0.505. The normalized spacial score (nSPS) is 11.5. The molecular weight excluding hydrogens is 238 g/mol. The molecule has 1 aromatic rings. The number of alkyl halides is 3. The number of nitrogen functional groups attached to an aromatic ring is 1. The van der Waals surface area contributed by atoms with E-state index in [1.807, 2.05) is 0 Å². The van der Waals surface area contributed by atoms with Gasteiger partial charge in [-0.25, -0.2) is 4.39 Å². The van der Waals surface area contributed by atoms with Gasteiger partial charge in [-0.3, -0.25) is 4.79 Å². The summed E-state index contributed by atoms with van der Waals surface area (Å²) in [7, 11) is 0. The van der Waals surface area contributed by atoms with E-state index in [9.17, 15) is 22.4 Å². The second-order valence-electron chi connectivity index (χ2n) is 3.63. The van der Waals surface area contributed by atoms with Gasteiger partial charge in [0.05, 0.1) is 5.69 Å². The molecule has 0 spiro atoms. The Morgan fingerprint density at radius 2 is 1.94 bits per heavy atom. The number of rotatable bonds is 4. The van der Waals surface area contributed by atoms with Crippen LogP contribution in [0.4, 0.5) is 23.2 Å². The van der Waals surface area contributed by atoms with Crippen LogP contribution in [0.15, 0.2) is 18.2 Å². The first-order valence-corrected chi connectivity index (χ1v) is 4.94. The molecule has 6 heteroatoms. The van der Waals surface area contributed by atoms with Gasteiger partial charge in [0, 0.05) is 18.4 Å². The number of hydrogen-bond donors (Lipinski definition) is 1. The predicted octanol–water partition coefficient (Wildman–Crippen LogP) is 3.32. The van der Waals surface area contributed by atoms with Gasteiger partial charge >= 0.3 is 6.18 Å². The summed E-state index contributed by atoms with van der Waals surface area (Å²) in [6, 6.07) is 3.45. The van der Waals surface area contributed by atoms with Crippen molar-refractivity contribution in [3.63, 3.8) is 0 Å². The molecule has 0 radical (unpaired) electrons. The molecule has 2 N–H and O–H groups in total. The van der Waals surface area contributed by atoms with Gasteiger partial charge in [0.15, 0.2) is 5.78 Å². The van der Waals surface area contributed by atoms with E-state index in [-0.39, 0.29) is 24.1 Å². The van der Waals surface area contributed by atoms with Crippen LogP contribution < -0.4 is 5.73 Å². The van der Waals surface area contributed by atoms with E-state index in [2.05, 4.69) is 0 Å². The Balaban J connectivity index is 2.56. The van der Waals surface area contributed by atoms with E-state index >= 15 is 0 Å². The number of hydrogen-bond acceptors (Lipinski definition) is 2. The van der Waals surface area contributed by atoms with Crippen LogP contribution in [0.2, 0.25) is 0 Å². The molecule has 17 heavy (non-hydrogen) atoms. The van der Waals surface area contributed by atoms with Crippen LogP contribution in [0.25, 0.3) is 0 Å². The Labute approximate surface area is 95.4 Å². The molecule has 1 aromatic carbocycles. The Morgan fingerprint density at radius 1 is 1.29 bits per heavy atom. The van der Waals surface area contributed by atoms with Crippen molar-refractivity contribution in [2.45, 2.75) is 25.4 Å². The Bertz CT molecular complexity index is 414. The highest BCUT2D eigenvalue weighted by Crippen LogP contribution is 2.23. The first kappa shape index (κ1) is 13.5. The van der Waals surface area contributed by atoms with Crippen LogP contribution in [-0.2, 0) is 0 Å². The maximum absolute atomic E-state index is 13.0. The van der Waals surface area contributed by atoms with Crippen LogP contribution in [0.3, 0.4) is 0 Å². The summed E-state index contributed by atoms with van der Waals surface area (Å²) in [5.74, 6) is -1.26. The van der Waals surface area contributed by atoms with Gasteiger partial charge in [-0.1, -0.05) is 0 Å². The highest BCUT2D eigenvalue weighted by Gasteiger charge is 2.26. The zero-order valence-electron chi connectivity index (χ0n) is 8.85. The number of ketones is 1. The molecule has 0 amide bonds. The van der Waals surface area contributed by atoms with Crippen LogP contribution >= 0.6 is 0 Å². The van der Waals surface area contributed by atoms with Crippen LogP contribution in [0.1, 0.15) is 29.6 Å². The molecule has 0 unspecified atom stereocenters. The highest BCUT2D eigenvalue weighted by atomic mass is 19.4. The lowest BCUT2D eigenvalue weighted by Crippen LogP contribution is -2.08. The maximum Gasteiger partial charge on any atom is 0.389 e. The molecule has 2 nitrogen and oxygen atoms in total. The van der Waals surface area contributed by atoms with Crippen molar-refractivity contribution in [1.82, 2.24) is 0 Å². The number of Topliss-reactive ketones (excluding diaryl/α,β-unsaturated/α-hetero) is 1. The minimum absolute atomic E-state index is 0.0406. The van der Waals surface area contributed by atoms with E-state index in [0.717, 1.165) is 6.07 Å². The van der Waals surface area contributed by atoms with Gasteiger partial charge in [0.25, 0.3) is 0 Å². The molecular formula is C11H11F4NO. The highest BCUT2D eigenvalue weighted by molar-refractivity contribution is 5.96. The monoisotopic (exact) mass is 249 g/mol. The maximum atomic E-state index is 13.0. The van der Waals surface area contributed by atoms with Crippen LogP contribution in [0.5, 0.6) is 0 Å². The molecule has 0 saturated carbocycles. The zero-order chi connectivity index (χ0) is 13.1. The fraction of sp³-hybridized carbons (Fsp3) is 0.364. The first-order chi connectivity index (χ1) is 7.79. The van der Waals surface area contributed by atoms with Gasteiger partial charge in [-0.2, -0.15) is 13.2 Å².